The van der Waals surface area contributed by atoms with Crippen molar-refractivity contribution in [1.82, 2.24) is 5.32 Å². The van der Waals surface area contributed by atoms with Crippen molar-refractivity contribution in [2.24, 2.45) is 0 Å². The summed E-state index contributed by atoms with van der Waals surface area (Å²) < 4.78 is 27.4. The van der Waals surface area contributed by atoms with E-state index in [1.807, 2.05) is 45.0 Å². The third-order valence-corrected chi connectivity index (χ3v) is 7.58. The first-order valence-electron chi connectivity index (χ1n) is 10.2. The maximum absolute atomic E-state index is 13.0. The van der Waals surface area contributed by atoms with Gasteiger partial charge in [-0.1, -0.05) is 48.0 Å². The van der Waals surface area contributed by atoms with Crippen LogP contribution in [0, 0.1) is 13.8 Å². The molecule has 0 saturated carbocycles. The normalized spacial score (nSPS) is 15.4. The topological polar surface area (TPSA) is 66.5 Å². The summed E-state index contributed by atoms with van der Waals surface area (Å²) in [6.45, 7) is 6.32. The molecule has 156 valence electrons. The van der Waals surface area contributed by atoms with Crippen LogP contribution in [-0.2, 0) is 14.8 Å². The minimum Gasteiger partial charge on any atom is -0.350 e. The number of hydrogen-bond donors (Lipinski definition) is 1. The van der Waals surface area contributed by atoms with Crippen LogP contribution in [0.1, 0.15) is 42.5 Å². The van der Waals surface area contributed by atoms with Crippen LogP contribution >= 0.6 is 0 Å². The average molecular weight is 423 g/mol. The molecule has 3 aromatic carbocycles. The molecular formula is C24H26N2O3S. The Kier molecular flexibility index (Phi) is 5.28. The molecule has 0 bridgehead atoms. The molecule has 0 spiro atoms. The van der Waals surface area contributed by atoms with Gasteiger partial charge >= 0.3 is 0 Å². The number of benzene rings is 3. The number of carbonyl (C=O) groups is 1. The molecule has 1 heterocycles. The van der Waals surface area contributed by atoms with E-state index in [2.05, 4.69) is 23.5 Å². The molecule has 0 radical (unpaired) electrons. The number of rotatable bonds is 6. The van der Waals surface area contributed by atoms with E-state index in [-0.39, 0.29) is 24.9 Å². The van der Waals surface area contributed by atoms with Crippen LogP contribution in [0.5, 0.6) is 0 Å². The fraction of sp³-hybridized carbons (Fsp3) is 0.292. The van der Waals surface area contributed by atoms with Crippen LogP contribution in [-0.4, -0.2) is 20.9 Å². The molecule has 6 heteroatoms. The van der Waals surface area contributed by atoms with Crippen molar-refractivity contribution in [3.8, 4) is 0 Å². The fourth-order valence-electron chi connectivity index (χ4n) is 4.20. The van der Waals surface area contributed by atoms with Crippen molar-refractivity contribution in [3.05, 3.63) is 71.3 Å². The second-order valence-electron chi connectivity index (χ2n) is 7.96. The van der Waals surface area contributed by atoms with Gasteiger partial charge in [0.25, 0.3) is 10.0 Å². The summed E-state index contributed by atoms with van der Waals surface area (Å²) >= 11 is 0. The number of hydrogen-bond acceptors (Lipinski definition) is 3. The summed E-state index contributed by atoms with van der Waals surface area (Å²) in [5, 5.41) is 4.72. The SMILES string of the molecule is Cc1ccc(C)c([C@H](C)NC(=O)CCCN2c3cccc4cccc(c34)S2(=O)=O)c1. The van der Waals surface area contributed by atoms with Gasteiger partial charge in [-0.15, -0.1) is 0 Å². The maximum Gasteiger partial charge on any atom is 0.265 e. The minimum absolute atomic E-state index is 0.0734. The second-order valence-corrected chi connectivity index (χ2v) is 9.79. The standard InChI is InChI=1S/C24H26N2O3S/c1-16-12-13-17(2)20(15-16)18(3)25-23(27)11-6-14-26-21-9-4-7-19-8-5-10-22(24(19)21)30(26,28)29/h4-5,7-10,12-13,15,18H,6,11,14H2,1-3H3,(H,25,27)/t18-/m0/s1. The molecule has 0 aliphatic carbocycles. The number of aryl methyl sites for hydroxylation is 2. The second kappa shape index (κ2) is 7.76. The summed E-state index contributed by atoms with van der Waals surface area (Å²) in [4.78, 5) is 12.8. The van der Waals surface area contributed by atoms with E-state index in [0.29, 0.717) is 17.0 Å². The van der Waals surface area contributed by atoms with Gasteiger partial charge < -0.3 is 5.32 Å². The zero-order chi connectivity index (χ0) is 21.5. The van der Waals surface area contributed by atoms with Gasteiger partial charge in [-0.25, -0.2) is 8.42 Å². The Labute approximate surface area is 177 Å². The van der Waals surface area contributed by atoms with E-state index in [9.17, 15) is 13.2 Å². The van der Waals surface area contributed by atoms with Gasteiger partial charge in [-0.05, 0) is 55.8 Å². The molecule has 1 atom stereocenters. The first-order valence-corrected chi connectivity index (χ1v) is 11.6. The van der Waals surface area contributed by atoms with Crippen LogP contribution in [0.15, 0.2) is 59.5 Å². The highest BCUT2D eigenvalue weighted by Crippen LogP contribution is 2.41. The molecule has 1 amide bonds. The van der Waals surface area contributed by atoms with Crippen molar-refractivity contribution in [3.63, 3.8) is 0 Å². The summed E-state index contributed by atoms with van der Waals surface area (Å²) in [5.74, 6) is -0.0734. The fourth-order valence-corrected chi connectivity index (χ4v) is 5.95. The largest absolute Gasteiger partial charge is 0.350 e. The predicted molar refractivity (Wildman–Crippen MR) is 120 cm³/mol. The lowest BCUT2D eigenvalue weighted by Gasteiger charge is -2.20. The predicted octanol–water partition coefficient (Wildman–Crippen LogP) is 4.62. The first kappa shape index (κ1) is 20.4. The number of amides is 1. The van der Waals surface area contributed by atoms with Gasteiger partial charge in [0, 0.05) is 18.4 Å². The smallest absolute Gasteiger partial charge is 0.265 e. The van der Waals surface area contributed by atoms with Gasteiger partial charge in [-0.3, -0.25) is 9.10 Å². The van der Waals surface area contributed by atoms with Gasteiger partial charge in [0.1, 0.15) is 0 Å². The third-order valence-electron chi connectivity index (χ3n) is 5.72. The van der Waals surface area contributed by atoms with Crippen LogP contribution in [0.3, 0.4) is 0 Å². The van der Waals surface area contributed by atoms with Crippen LogP contribution < -0.4 is 9.62 Å². The summed E-state index contributed by atoms with van der Waals surface area (Å²) in [6.07, 6.45) is 0.725. The molecule has 0 unspecified atom stereocenters. The summed E-state index contributed by atoms with van der Waals surface area (Å²) in [6, 6.07) is 17.1. The molecule has 5 nitrogen and oxygen atoms in total. The minimum atomic E-state index is -3.57. The zero-order valence-corrected chi connectivity index (χ0v) is 18.3. The molecule has 1 aliphatic rings. The van der Waals surface area contributed by atoms with Gasteiger partial charge in [0.15, 0.2) is 0 Å². The van der Waals surface area contributed by atoms with Crippen molar-refractivity contribution in [1.29, 1.82) is 0 Å². The third kappa shape index (κ3) is 3.56. The zero-order valence-electron chi connectivity index (χ0n) is 17.5. The molecule has 1 aliphatic heterocycles. The van der Waals surface area contributed by atoms with E-state index in [0.717, 1.165) is 27.5 Å². The monoisotopic (exact) mass is 422 g/mol. The van der Waals surface area contributed by atoms with Gasteiger partial charge in [-0.2, -0.15) is 0 Å². The average Bonchev–Trinajstić information content (AvgIpc) is 2.93. The Balaban J connectivity index is 1.42. The van der Waals surface area contributed by atoms with Crippen LogP contribution in [0.25, 0.3) is 10.8 Å². The number of carbonyl (C=O) groups excluding carboxylic acids is 1. The highest BCUT2D eigenvalue weighted by atomic mass is 32.2. The lowest BCUT2D eigenvalue weighted by molar-refractivity contribution is -0.121. The number of sulfonamides is 1. The highest BCUT2D eigenvalue weighted by molar-refractivity contribution is 7.93. The molecule has 0 fully saturated rings. The van der Waals surface area contributed by atoms with Crippen LogP contribution in [0.2, 0.25) is 0 Å². The summed E-state index contributed by atoms with van der Waals surface area (Å²) in [7, 11) is -3.57. The van der Waals surface area contributed by atoms with Crippen molar-refractivity contribution < 1.29 is 13.2 Å². The Bertz CT molecular complexity index is 1230. The molecule has 1 N–H and O–H groups in total. The maximum atomic E-state index is 13.0. The molecule has 4 rings (SSSR count). The number of nitrogens with one attached hydrogen (secondary N) is 1. The lowest BCUT2D eigenvalue weighted by atomic mass is 10.00. The molecule has 3 aromatic rings. The summed E-state index contributed by atoms with van der Waals surface area (Å²) in [5.41, 5.74) is 4.10. The Morgan fingerprint density at radius 1 is 1.07 bits per heavy atom. The number of nitrogens with zero attached hydrogens (tertiary/aromatic N) is 1. The highest BCUT2D eigenvalue weighted by Gasteiger charge is 2.35. The Hall–Kier alpha value is -2.86. The van der Waals surface area contributed by atoms with E-state index in [1.54, 1.807) is 12.1 Å². The van der Waals surface area contributed by atoms with Gasteiger partial charge in [0.05, 0.1) is 16.6 Å². The quantitative estimate of drug-likeness (QED) is 0.630. The Morgan fingerprint density at radius 2 is 1.80 bits per heavy atom. The number of anilines is 1. The molecule has 30 heavy (non-hydrogen) atoms. The van der Waals surface area contributed by atoms with E-state index in [4.69, 9.17) is 0 Å². The Morgan fingerprint density at radius 3 is 2.57 bits per heavy atom. The lowest BCUT2D eigenvalue weighted by Crippen LogP contribution is -2.31. The van der Waals surface area contributed by atoms with Crippen molar-refractivity contribution >= 4 is 32.4 Å². The van der Waals surface area contributed by atoms with E-state index in [1.165, 1.54) is 4.31 Å². The van der Waals surface area contributed by atoms with Crippen molar-refractivity contribution in [2.75, 3.05) is 10.8 Å². The molecule has 0 saturated heterocycles. The molecular weight excluding hydrogens is 396 g/mol. The van der Waals surface area contributed by atoms with Crippen LogP contribution in [0.4, 0.5) is 5.69 Å². The van der Waals surface area contributed by atoms with E-state index < -0.39 is 10.0 Å². The van der Waals surface area contributed by atoms with Crippen molar-refractivity contribution in [2.45, 2.75) is 44.6 Å². The molecule has 0 aromatic heterocycles. The van der Waals surface area contributed by atoms with Gasteiger partial charge in [0.2, 0.25) is 5.91 Å². The van der Waals surface area contributed by atoms with E-state index >= 15 is 0 Å². The first-order chi connectivity index (χ1) is 14.3.